The summed E-state index contributed by atoms with van der Waals surface area (Å²) in [6.07, 6.45) is 1.23. The summed E-state index contributed by atoms with van der Waals surface area (Å²) in [4.78, 5) is 4.01. The third kappa shape index (κ3) is 3.65. The Morgan fingerprint density at radius 1 is 1.56 bits per heavy atom. The molecule has 0 aliphatic carbocycles. The molecule has 0 radical (unpaired) electrons. The SMILES string of the molecule is CC(C)CNCc1cc(F)cnc1OC1COC1. The molecule has 100 valence electrons. The average molecular weight is 254 g/mol. The fraction of sp³-hybridized carbons (Fsp3) is 0.615. The Morgan fingerprint density at radius 2 is 2.33 bits per heavy atom. The Morgan fingerprint density at radius 3 is 2.94 bits per heavy atom. The van der Waals surface area contributed by atoms with Gasteiger partial charge in [0.15, 0.2) is 0 Å². The Labute approximate surface area is 107 Å². The Kier molecular flexibility index (Phi) is 4.49. The van der Waals surface area contributed by atoms with E-state index in [0.29, 0.717) is 31.6 Å². The molecule has 0 aromatic carbocycles. The minimum absolute atomic E-state index is 0.0480. The lowest BCUT2D eigenvalue weighted by atomic mass is 10.2. The number of aromatic nitrogens is 1. The average Bonchev–Trinajstić information content (AvgIpc) is 2.25. The lowest BCUT2D eigenvalue weighted by Gasteiger charge is -2.27. The molecule has 1 fully saturated rings. The van der Waals surface area contributed by atoms with Crippen LogP contribution in [0.15, 0.2) is 12.3 Å². The van der Waals surface area contributed by atoms with Gasteiger partial charge in [-0.1, -0.05) is 13.8 Å². The van der Waals surface area contributed by atoms with E-state index in [2.05, 4.69) is 24.1 Å². The van der Waals surface area contributed by atoms with Crippen LogP contribution >= 0.6 is 0 Å². The number of ether oxygens (including phenoxy) is 2. The molecule has 1 aliphatic rings. The van der Waals surface area contributed by atoms with E-state index in [-0.39, 0.29) is 11.9 Å². The van der Waals surface area contributed by atoms with E-state index >= 15 is 0 Å². The van der Waals surface area contributed by atoms with Gasteiger partial charge in [0.1, 0.15) is 11.9 Å². The maximum atomic E-state index is 13.2. The van der Waals surface area contributed by atoms with Gasteiger partial charge < -0.3 is 14.8 Å². The van der Waals surface area contributed by atoms with Gasteiger partial charge >= 0.3 is 0 Å². The normalized spacial score (nSPS) is 15.8. The number of nitrogens with one attached hydrogen (secondary N) is 1. The van der Waals surface area contributed by atoms with Crippen molar-refractivity contribution in [2.24, 2.45) is 5.92 Å². The third-order valence-electron chi connectivity index (χ3n) is 2.65. The van der Waals surface area contributed by atoms with Gasteiger partial charge in [-0.3, -0.25) is 0 Å². The summed E-state index contributed by atoms with van der Waals surface area (Å²) in [5.41, 5.74) is 0.752. The van der Waals surface area contributed by atoms with Crippen LogP contribution in [0.3, 0.4) is 0 Å². The van der Waals surface area contributed by atoms with Crippen LogP contribution in [0.5, 0.6) is 5.88 Å². The van der Waals surface area contributed by atoms with Crippen LogP contribution in [-0.4, -0.2) is 30.8 Å². The first-order chi connectivity index (χ1) is 8.65. The highest BCUT2D eigenvalue weighted by molar-refractivity contribution is 5.26. The predicted octanol–water partition coefficient (Wildman–Crippen LogP) is 1.74. The first kappa shape index (κ1) is 13.2. The van der Waals surface area contributed by atoms with Crippen LogP contribution in [0.25, 0.3) is 0 Å². The van der Waals surface area contributed by atoms with E-state index in [9.17, 15) is 4.39 Å². The van der Waals surface area contributed by atoms with Crippen molar-refractivity contribution in [1.82, 2.24) is 10.3 Å². The zero-order chi connectivity index (χ0) is 13.0. The second-order valence-corrected chi connectivity index (χ2v) is 4.92. The van der Waals surface area contributed by atoms with Gasteiger partial charge in [-0.05, 0) is 18.5 Å². The summed E-state index contributed by atoms with van der Waals surface area (Å²) in [6.45, 7) is 6.85. The number of hydrogen-bond acceptors (Lipinski definition) is 4. The molecule has 2 heterocycles. The molecule has 4 nitrogen and oxygen atoms in total. The third-order valence-corrected chi connectivity index (χ3v) is 2.65. The van der Waals surface area contributed by atoms with E-state index in [1.54, 1.807) is 0 Å². The molecule has 1 N–H and O–H groups in total. The molecule has 1 aromatic rings. The van der Waals surface area contributed by atoms with Crippen LogP contribution in [0.2, 0.25) is 0 Å². The lowest BCUT2D eigenvalue weighted by molar-refractivity contribution is -0.0817. The van der Waals surface area contributed by atoms with Gasteiger partial charge in [0.05, 0.1) is 19.4 Å². The maximum absolute atomic E-state index is 13.2. The van der Waals surface area contributed by atoms with Gasteiger partial charge in [0, 0.05) is 12.1 Å². The van der Waals surface area contributed by atoms with Crippen LogP contribution < -0.4 is 10.1 Å². The summed E-state index contributed by atoms with van der Waals surface area (Å²) in [5, 5.41) is 3.26. The fourth-order valence-electron chi connectivity index (χ4n) is 1.64. The molecule has 5 heteroatoms. The molecular weight excluding hydrogens is 235 g/mol. The van der Waals surface area contributed by atoms with E-state index < -0.39 is 0 Å². The van der Waals surface area contributed by atoms with Crippen molar-refractivity contribution in [3.8, 4) is 5.88 Å². The van der Waals surface area contributed by atoms with E-state index in [1.165, 1.54) is 12.3 Å². The van der Waals surface area contributed by atoms with Crippen molar-refractivity contribution >= 4 is 0 Å². The summed E-state index contributed by atoms with van der Waals surface area (Å²) in [5.74, 6) is 0.713. The number of pyridine rings is 1. The molecule has 0 spiro atoms. The first-order valence-electron chi connectivity index (χ1n) is 6.24. The number of hydrogen-bond donors (Lipinski definition) is 1. The summed E-state index contributed by atoms with van der Waals surface area (Å²) >= 11 is 0. The minimum Gasteiger partial charge on any atom is -0.469 e. The van der Waals surface area contributed by atoms with Crippen molar-refractivity contribution in [2.45, 2.75) is 26.5 Å². The molecule has 0 atom stereocenters. The Hall–Kier alpha value is -1.20. The highest BCUT2D eigenvalue weighted by Crippen LogP contribution is 2.19. The highest BCUT2D eigenvalue weighted by atomic mass is 19.1. The van der Waals surface area contributed by atoms with E-state index in [4.69, 9.17) is 9.47 Å². The van der Waals surface area contributed by atoms with Crippen LogP contribution in [0, 0.1) is 11.7 Å². The second kappa shape index (κ2) is 6.11. The number of rotatable bonds is 6. The van der Waals surface area contributed by atoms with Gasteiger partial charge in [0.25, 0.3) is 0 Å². The van der Waals surface area contributed by atoms with Crippen molar-refractivity contribution in [3.05, 3.63) is 23.6 Å². The molecule has 2 rings (SSSR count). The predicted molar refractivity (Wildman–Crippen MR) is 66.0 cm³/mol. The Bertz CT molecular complexity index is 395. The molecule has 1 saturated heterocycles. The number of nitrogens with zero attached hydrogens (tertiary/aromatic N) is 1. The first-order valence-corrected chi connectivity index (χ1v) is 6.24. The van der Waals surface area contributed by atoms with Gasteiger partial charge in [-0.15, -0.1) is 0 Å². The molecule has 1 aromatic heterocycles. The van der Waals surface area contributed by atoms with Crippen molar-refractivity contribution in [2.75, 3.05) is 19.8 Å². The molecule has 0 amide bonds. The lowest BCUT2D eigenvalue weighted by Crippen LogP contribution is -2.39. The molecule has 0 unspecified atom stereocenters. The van der Waals surface area contributed by atoms with E-state index in [0.717, 1.165) is 12.1 Å². The van der Waals surface area contributed by atoms with Crippen LogP contribution in [0.1, 0.15) is 19.4 Å². The van der Waals surface area contributed by atoms with Crippen LogP contribution in [-0.2, 0) is 11.3 Å². The smallest absolute Gasteiger partial charge is 0.218 e. The molecule has 0 bridgehead atoms. The van der Waals surface area contributed by atoms with E-state index in [1.807, 2.05) is 0 Å². The molecule has 18 heavy (non-hydrogen) atoms. The largest absolute Gasteiger partial charge is 0.469 e. The maximum Gasteiger partial charge on any atom is 0.218 e. The monoisotopic (exact) mass is 254 g/mol. The summed E-state index contributed by atoms with van der Waals surface area (Å²) in [6, 6.07) is 1.47. The van der Waals surface area contributed by atoms with Crippen LogP contribution in [0.4, 0.5) is 4.39 Å². The molecule has 0 saturated carbocycles. The standard InChI is InChI=1S/C13H19FN2O2/c1-9(2)4-15-5-10-3-11(14)6-16-13(10)18-12-7-17-8-12/h3,6,9,12,15H,4-5,7-8H2,1-2H3. The molecule has 1 aliphatic heterocycles. The van der Waals surface area contributed by atoms with Crippen molar-refractivity contribution in [3.63, 3.8) is 0 Å². The summed E-state index contributed by atoms with van der Waals surface area (Å²) in [7, 11) is 0. The second-order valence-electron chi connectivity index (χ2n) is 4.92. The van der Waals surface area contributed by atoms with Gasteiger partial charge in [-0.2, -0.15) is 0 Å². The van der Waals surface area contributed by atoms with Crippen molar-refractivity contribution < 1.29 is 13.9 Å². The quantitative estimate of drug-likeness (QED) is 0.840. The fourth-order valence-corrected chi connectivity index (χ4v) is 1.64. The highest BCUT2D eigenvalue weighted by Gasteiger charge is 2.22. The zero-order valence-corrected chi connectivity index (χ0v) is 10.8. The number of halogens is 1. The molecular formula is C13H19FN2O2. The Balaban J connectivity index is 1.98. The zero-order valence-electron chi connectivity index (χ0n) is 10.8. The summed E-state index contributed by atoms with van der Waals surface area (Å²) < 4.78 is 23.9. The minimum atomic E-state index is -0.339. The van der Waals surface area contributed by atoms with Crippen molar-refractivity contribution in [1.29, 1.82) is 0 Å². The van der Waals surface area contributed by atoms with Gasteiger partial charge in [0.2, 0.25) is 5.88 Å². The topological polar surface area (TPSA) is 43.4 Å². The van der Waals surface area contributed by atoms with Gasteiger partial charge in [-0.25, -0.2) is 9.37 Å².